The average molecular weight is 473 g/mol. The van der Waals surface area contributed by atoms with Gasteiger partial charge in [0.1, 0.15) is 12.4 Å². The van der Waals surface area contributed by atoms with Gasteiger partial charge < -0.3 is 9.30 Å². The minimum atomic E-state index is -3.78. The molecule has 0 aliphatic rings. The van der Waals surface area contributed by atoms with Gasteiger partial charge in [-0.25, -0.2) is 12.8 Å². The zero-order valence-corrected chi connectivity index (χ0v) is 18.8. The van der Waals surface area contributed by atoms with Gasteiger partial charge in [0.2, 0.25) is 15.6 Å². The fourth-order valence-electron chi connectivity index (χ4n) is 4.08. The van der Waals surface area contributed by atoms with Crippen molar-refractivity contribution in [2.45, 2.75) is 11.7 Å². The lowest BCUT2D eigenvalue weighted by atomic mass is 10.2. The molecule has 0 atom stereocenters. The van der Waals surface area contributed by atoms with E-state index in [1.54, 1.807) is 12.1 Å². The van der Waals surface area contributed by atoms with Gasteiger partial charge in [-0.15, -0.1) is 15.3 Å². The molecule has 0 radical (unpaired) electrons. The van der Waals surface area contributed by atoms with Crippen LogP contribution in [-0.4, -0.2) is 49.6 Å². The first-order chi connectivity index (χ1) is 16.6. The Balaban J connectivity index is 1.41. The van der Waals surface area contributed by atoms with Gasteiger partial charge in [-0.2, -0.15) is 4.52 Å². The van der Waals surface area contributed by atoms with Crippen molar-refractivity contribution in [3.05, 3.63) is 90.5 Å². The molecule has 34 heavy (non-hydrogen) atoms. The summed E-state index contributed by atoms with van der Waals surface area (Å²) in [4.78, 5) is 0. The Morgan fingerprint density at radius 2 is 1.44 bits per heavy atom. The summed E-state index contributed by atoms with van der Waals surface area (Å²) >= 11 is 0. The standard InChI is InChI=1S/C24H20N6O3S/c31-34(32,16-15-33-19-11-5-2-6-12-19)24-26-25-22-29-21-14-8-7-13-20(21)28(23(29)27-30(22)24)17-18-9-3-1-4-10-18/h1-14H,15-17H2. The molecule has 6 aromatic rings. The van der Waals surface area contributed by atoms with Crippen LogP contribution in [0.4, 0.5) is 0 Å². The van der Waals surface area contributed by atoms with Crippen LogP contribution < -0.4 is 4.74 Å². The van der Waals surface area contributed by atoms with Crippen molar-refractivity contribution < 1.29 is 13.2 Å². The number of para-hydroxylation sites is 3. The maximum absolute atomic E-state index is 13.1. The fraction of sp³-hybridized carbons (Fsp3) is 0.125. The summed E-state index contributed by atoms with van der Waals surface area (Å²) in [6.45, 7) is 0.580. The van der Waals surface area contributed by atoms with Gasteiger partial charge in [0, 0.05) is 0 Å². The van der Waals surface area contributed by atoms with Crippen LogP contribution in [0.25, 0.3) is 22.6 Å². The number of sulfone groups is 1. The molecule has 0 aliphatic heterocycles. The van der Waals surface area contributed by atoms with Crippen LogP contribution in [0, 0.1) is 0 Å². The van der Waals surface area contributed by atoms with Crippen LogP contribution >= 0.6 is 0 Å². The molecule has 0 bridgehead atoms. The quantitative estimate of drug-likeness (QED) is 0.354. The first kappa shape index (κ1) is 20.4. The largest absolute Gasteiger partial charge is 0.493 e. The molecule has 3 heterocycles. The molecule has 9 nitrogen and oxygen atoms in total. The Labute approximate surface area is 194 Å². The van der Waals surface area contributed by atoms with Crippen LogP contribution in [-0.2, 0) is 16.4 Å². The van der Waals surface area contributed by atoms with Crippen LogP contribution in [0.2, 0.25) is 0 Å². The van der Waals surface area contributed by atoms with E-state index in [9.17, 15) is 8.42 Å². The molecule has 0 fully saturated rings. The Morgan fingerprint density at radius 3 is 2.21 bits per heavy atom. The second-order valence-corrected chi connectivity index (χ2v) is 9.87. The number of fused-ring (bicyclic) bond motifs is 5. The van der Waals surface area contributed by atoms with Gasteiger partial charge >= 0.3 is 0 Å². The van der Waals surface area contributed by atoms with E-state index in [1.165, 1.54) is 4.52 Å². The van der Waals surface area contributed by atoms with E-state index in [0.717, 1.165) is 16.6 Å². The highest BCUT2D eigenvalue weighted by Gasteiger charge is 2.27. The Kier molecular flexibility index (Phi) is 4.80. The van der Waals surface area contributed by atoms with Crippen molar-refractivity contribution in [3.8, 4) is 5.75 Å². The number of hydrogen-bond donors (Lipinski definition) is 0. The van der Waals surface area contributed by atoms with E-state index in [0.29, 0.717) is 23.8 Å². The third-order valence-electron chi connectivity index (χ3n) is 5.67. The number of benzene rings is 3. The number of nitrogens with zero attached hydrogens (tertiary/aromatic N) is 6. The maximum Gasteiger partial charge on any atom is 0.272 e. The van der Waals surface area contributed by atoms with Crippen LogP contribution in [0.1, 0.15) is 5.56 Å². The van der Waals surface area contributed by atoms with Crippen molar-refractivity contribution in [2.75, 3.05) is 12.4 Å². The van der Waals surface area contributed by atoms with Gasteiger partial charge in [-0.3, -0.25) is 0 Å². The van der Waals surface area contributed by atoms with Crippen molar-refractivity contribution >= 4 is 32.4 Å². The Bertz CT molecular complexity index is 1720. The summed E-state index contributed by atoms with van der Waals surface area (Å²) in [7, 11) is -3.78. The molecule has 0 saturated carbocycles. The molecule has 3 aromatic carbocycles. The Morgan fingerprint density at radius 1 is 0.765 bits per heavy atom. The Hall–Kier alpha value is -4.18. The van der Waals surface area contributed by atoms with Gasteiger partial charge in [-0.1, -0.05) is 60.7 Å². The van der Waals surface area contributed by atoms with E-state index in [1.807, 2.05) is 81.8 Å². The zero-order valence-electron chi connectivity index (χ0n) is 18.0. The highest BCUT2D eigenvalue weighted by Crippen LogP contribution is 2.24. The summed E-state index contributed by atoms with van der Waals surface area (Å²) in [6.07, 6.45) is 0. The average Bonchev–Trinajstić information content (AvgIpc) is 3.51. The van der Waals surface area contributed by atoms with E-state index in [2.05, 4.69) is 15.3 Å². The monoisotopic (exact) mass is 472 g/mol. The zero-order chi connectivity index (χ0) is 23.1. The van der Waals surface area contributed by atoms with E-state index >= 15 is 0 Å². The van der Waals surface area contributed by atoms with E-state index < -0.39 is 9.84 Å². The SMILES string of the molecule is O=S(=O)(CCOc1ccccc1)c1nnc2n1nc1n(Cc3ccccc3)c3ccccc3n12. The first-order valence-corrected chi connectivity index (χ1v) is 12.4. The summed E-state index contributed by atoms with van der Waals surface area (Å²) in [5.41, 5.74) is 2.95. The van der Waals surface area contributed by atoms with Gasteiger partial charge in [0.15, 0.2) is 0 Å². The highest BCUT2D eigenvalue weighted by molar-refractivity contribution is 7.91. The lowest BCUT2D eigenvalue weighted by Crippen LogP contribution is -2.17. The summed E-state index contributed by atoms with van der Waals surface area (Å²) in [5, 5.41) is 12.6. The molecule has 0 unspecified atom stereocenters. The van der Waals surface area contributed by atoms with Crippen LogP contribution in [0.3, 0.4) is 0 Å². The number of rotatable bonds is 7. The molecule has 0 spiro atoms. The molecular formula is C24H20N6O3S. The van der Waals surface area contributed by atoms with Crippen molar-refractivity contribution in [1.29, 1.82) is 0 Å². The third kappa shape index (κ3) is 3.39. The molecule has 3 aromatic heterocycles. The van der Waals surface area contributed by atoms with Crippen LogP contribution in [0.5, 0.6) is 5.75 Å². The molecule has 0 saturated heterocycles. The minimum absolute atomic E-state index is 0.00219. The highest BCUT2D eigenvalue weighted by atomic mass is 32.2. The number of ether oxygens (including phenoxy) is 1. The lowest BCUT2D eigenvalue weighted by molar-refractivity contribution is 0.340. The number of aromatic nitrogens is 6. The normalized spacial score (nSPS) is 12.1. The fourth-order valence-corrected chi connectivity index (χ4v) is 5.12. The molecule has 0 N–H and O–H groups in total. The van der Waals surface area contributed by atoms with Crippen molar-refractivity contribution in [3.63, 3.8) is 0 Å². The van der Waals surface area contributed by atoms with Gasteiger partial charge in [0.05, 0.1) is 23.3 Å². The molecule has 0 aliphatic carbocycles. The first-order valence-electron chi connectivity index (χ1n) is 10.8. The molecule has 0 amide bonds. The number of hydrogen-bond acceptors (Lipinski definition) is 6. The molecule has 10 heteroatoms. The number of imidazole rings is 1. The topological polar surface area (TPSA) is 95.8 Å². The predicted octanol–water partition coefficient (Wildman–Crippen LogP) is 3.23. The van der Waals surface area contributed by atoms with Gasteiger partial charge in [0.25, 0.3) is 10.9 Å². The predicted molar refractivity (Wildman–Crippen MR) is 127 cm³/mol. The van der Waals surface area contributed by atoms with E-state index in [4.69, 9.17) is 4.74 Å². The second-order valence-electron chi connectivity index (χ2n) is 7.87. The third-order valence-corrected chi connectivity index (χ3v) is 7.18. The molecule has 6 rings (SSSR count). The van der Waals surface area contributed by atoms with Crippen molar-refractivity contribution in [2.24, 2.45) is 0 Å². The van der Waals surface area contributed by atoms with Crippen LogP contribution in [0.15, 0.2) is 90.1 Å². The van der Waals surface area contributed by atoms with Gasteiger partial charge in [-0.05, 0) is 29.8 Å². The van der Waals surface area contributed by atoms with Crippen molar-refractivity contribution in [1.82, 2.24) is 28.8 Å². The minimum Gasteiger partial charge on any atom is -0.493 e. The summed E-state index contributed by atoms with van der Waals surface area (Å²) in [6, 6.07) is 27.0. The lowest BCUT2D eigenvalue weighted by Gasteiger charge is -2.06. The summed E-state index contributed by atoms with van der Waals surface area (Å²) in [5.74, 6) is 1.31. The molecule has 170 valence electrons. The second kappa shape index (κ2) is 7.99. The maximum atomic E-state index is 13.1. The smallest absolute Gasteiger partial charge is 0.272 e. The van der Waals surface area contributed by atoms with E-state index in [-0.39, 0.29) is 17.5 Å². The summed E-state index contributed by atoms with van der Waals surface area (Å²) < 4.78 is 36.9. The molecular weight excluding hydrogens is 452 g/mol.